The van der Waals surface area contributed by atoms with Crippen LogP contribution in [-0.4, -0.2) is 53.8 Å². The van der Waals surface area contributed by atoms with Gasteiger partial charge in [0.25, 0.3) is 0 Å². The van der Waals surface area contributed by atoms with Crippen LogP contribution in [0.4, 0.5) is 10.5 Å². The minimum atomic E-state index is -0.858. The molecular weight excluding hydrogens is 520 g/mol. The topological polar surface area (TPSA) is 86.3 Å². The summed E-state index contributed by atoms with van der Waals surface area (Å²) >= 11 is 0. The number of benzene rings is 2. The number of carbonyl (C=O) groups is 2. The number of amides is 1. The third-order valence-corrected chi connectivity index (χ3v) is 9.56. The monoisotopic (exact) mass is 566 g/mol. The van der Waals surface area contributed by atoms with Crippen molar-refractivity contribution in [3.8, 4) is 0 Å². The summed E-state index contributed by atoms with van der Waals surface area (Å²) in [5.41, 5.74) is 0.102. The van der Waals surface area contributed by atoms with Crippen molar-refractivity contribution in [2.75, 3.05) is 25.1 Å². The zero-order valence-electron chi connectivity index (χ0n) is 25.4. The molecule has 2 aliphatic heterocycles. The van der Waals surface area contributed by atoms with Crippen molar-refractivity contribution in [1.29, 1.82) is 0 Å². The van der Waals surface area contributed by atoms with Gasteiger partial charge in [-0.1, -0.05) is 76.2 Å². The maximum absolute atomic E-state index is 13.2. The predicted octanol–water partition coefficient (Wildman–Crippen LogP) is 6.75. The highest BCUT2D eigenvalue weighted by Crippen LogP contribution is 2.54. The van der Waals surface area contributed by atoms with Gasteiger partial charge in [0.15, 0.2) is 5.79 Å². The van der Waals surface area contributed by atoms with E-state index in [1.165, 1.54) is 0 Å². The number of rotatable bonds is 9. The Morgan fingerprint density at radius 3 is 2.10 bits per heavy atom. The fourth-order valence-corrected chi connectivity index (χ4v) is 6.12. The van der Waals surface area contributed by atoms with Crippen molar-refractivity contribution in [3.05, 3.63) is 66.2 Å². The number of hydroxylamine groups is 2. The van der Waals surface area contributed by atoms with Crippen molar-refractivity contribution < 1.29 is 28.6 Å². The summed E-state index contributed by atoms with van der Waals surface area (Å²) in [6.07, 6.45) is 2.46. The molecule has 1 amide bonds. The number of hydrogen-bond donors (Lipinski definition) is 1. The summed E-state index contributed by atoms with van der Waals surface area (Å²) in [5.74, 6) is -1.25. The van der Waals surface area contributed by atoms with Crippen molar-refractivity contribution in [3.63, 3.8) is 0 Å². The van der Waals surface area contributed by atoms with Crippen molar-refractivity contribution in [2.24, 2.45) is 11.3 Å². The van der Waals surface area contributed by atoms with E-state index in [0.29, 0.717) is 25.3 Å². The Morgan fingerprint density at radius 1 is 0.927 bits per heavy atom. The molecule has 8 nitrogen and oxygen atoms in total. The lowest BCUT2D eigenvalue weighted by atomic mass is 9.66. The minimum absolute atomic E-state index is 0.110. The maximum atomic E-state index is 13.2. The Labute approximate surface area is 244 Å². The summed E-state index contributed by atoms with van der Waals surface area (Å²) in [4.78, 5) is 31.8. The fourth-order valence-electron chi connectivity index (χ4n) is 6.12. The molecule has 41 heavy (non-hydrogen) atoms. The Bertz CT molecular complexity index is 1170. The smallest absolute Gasteiger partial charge is 0.411 e. The number of para-hydroxylation sites is 1. The highest BCUT2D eigenvalue weighted by atomic mass is 16.7. The Balaban J connectivity index is 1.47. The molecule has 0 saturated carbocycles. The number of carbonyl (C=O) groups excluding carboxylic acids is 2. The molecular formula is C33H46N2O6. The molecule has 0 aromatic heterocycles. The molecule has 3 atom stereocenters. The van der Waals surface area contributed by atoms with Crippen LogP contribution in [0.25, 0.3) is 0 Å². The van der Waals surface area contributed by atoms with Crippen LogP contribution in [0.2, 0.25) is 0 Å². The highest BCUT2D eigenvalue weighted by Gasteiger charge is 2.64. The van der Waals surface area contributed by atoms with Gasteiger partial charge in [0.2, 0.25) is 0 Å². The summed E-state index contributed by atoms with van der Waals surface area (Å²) in [6, 6.07) is 18.9. The lowest BCUT2D eigenvalue weighted by Crippen LogP contribution is -2.74. The van der Waals surface area contributed by atoms with Crippen LogP contribution in [0, 0.1) is 11.3 Å². The van der Waals surface area contributed by atoms with Gasteiger partial charge in [-0.3, -0.25) is 5.32 Å². The summed E-state index contributed by atoms with van der Waals surface area (Å²) in [5, 5.41) is 4.71. The van der Waals surface area contributed by atoms with E-state index >= 15 is 0 Å². The van der Waals surface area contributed by atoms with Gasteiger partial charge in [-0.05, 0) is 50.8 Å². The van der Waals surface area contributed by atoms with Gasteiger partial charge in [-0.25, -0.2) is 9.59 Å². The van der Waals surface area contributed by atoms with E-state index in [1.54, 1.807) is 0 Å². The zero-order chi connectivity index (χ0) is 29.7. The summed E-state index contributed by atoms with van der Waals surface area (Å²) in [7, 11) is 0. The average Bonchev–Trinajstić information content (AvgIpc) is 2.99. The first-order valence-electron chi connectivity index (χ1n) is 14.9. The van der Waals surface area contributed by atoms with E-state index in [0.717, 1.165) is 24.8 Å². The van der Waals surface area contributed by atoms with Gasteiger partial charge >= 0.3 is 12.1 Å². The van der Waals surface area contributed by atoms with Crippen LogP contribution < -0.4 is 5.32 Å². The maximum Gasteiger partial charge on any atom is 0.411 e. The number of nitrogens with one attached hydrogen (secondary N) is 1. The Kier molecular flexibility index (Phi) is 9.46. The van der Waals surface area contributed by atoms with Crippen LogP contribution in [0.5, 0.6) is 0 Å². The number of nitrogens with zero attached hydrogens (tertiary/aromatic N) is 1. The molecule has 2 heterocycles. The molecule has 2 saturated heterocycles. The van der Waals surface area contributed by atoms with Gasteiger partial charge in [-0.15, -0.1) is 5.06 Å². The molecule has 0 radical (unpaired) electrons. The second kappa shape index (κ2) is 12.5. The van der Waals surface area contributed by atoms with E-state index < -0.39 is 28.4 Å². The average molecular weight is 567 g/mol. The van der Waals surface area contributed by atoms with E-state index in [4.69, 9.17) is 19.0 Å². The van der Waals surface area contributed by atoms with Crippen LogP contribution in [-0.2, 0) is 30.3 Å². The molecule has 0 aliphatic carbocycles. The van der Waals surface area contributed by atoms with Gasteiger partial charge < -0.3 is 19.0 Å². The number of piperidine rings is 1. The second-order valence-corrected chi connectivity index (χ2v) is 12.2. The van der Waals surface area contributed by atoms with Gasteiger partial charge in [0, 0.05) is 18.0 Å². The van der Waals surface area contributed by atoms with Crippen LogP contribution in [0.15, 0.2) is 60.7 Å². The minimum Gasteiger partial charge on any atom is -0.449 e. The third-order valence-electron chi connectivity index (χ3n) is 9.56. The standard InChI is InChI=1S/C33H46N2O6/c1-7-30(5)21-33(25(4)31(6,8-2)35(30)41-28(36)20-26-16-12-10-13-17-26)39-23-32(9-3,24-40-33)22-38-29(37)34-27-18-14-11-15-19-27/h10-19,25H,7-9,20-24H2,1-6H3,(H,34,37). The quantitative estimate of drug-likeness (QED) is 0.359. The zero-order valence-corrected chi connectivity index (χ0v) is 25.4. The van der Waals surface area contributed by atoms with Crippen molar-refractivity contribution >= 4 is 17.7 Å². The largest absolute Gasteiger partial charge is 0.449 e. The predicted molar refractivity (Wildman–Crippen MR) is 158 cm³/mol. The van der Waals surface area contributed by atoms with E-state index in [2.05, 4.69) is 46.9 Å². The van der Waals surface area contributed by atoms with E-state index in [-0.39, 0.29) is 24.9 Å². The first-order valence-corrected chi connectivity index (χ1v) is 14.9. The fraction of sp³-hybridized carbons (Fsp3) is 0.576. The van der Waals surface area contributed by atoms with Gasteiger partial charge in [-0.2, -0.15) is 0 Å². The number of ether oxygens (including phenoxy) is 3. The van der Waals surface area contributed by atoms with Gasteiger partial charge in [0.1, 0.15) is 6.61 Å². The Morgan fingerprint density at radius 2 is 1.54 bits per heavy atom. The lowest BCUT2D eigenvalue weighted by molar-refractivity contribution is -0.403. The normalized spacial score (nSPS) is 31.9. The molecule has 2 aliphatic rings. The summed E-state index contributed by atoms with van der Waals surface area (Å²) in [6.45, 7) is 13.7. The molecule has 2 aromatic carbocycles. The van der Waals surface area contributed by atoms with E-state index in [1.807, 2.05) is 65.7 Å². The molecule has 224 valence electrons. The lowest BCUT2D eigenvalue weighted by Gasteiger charge is -2.63. The first kappa shape index (κ1) is 31.0. The van der Waals surface area contributed by atoms with Gasteiger partial charge in [0.05, 0.1) is 36.1 Å². The molecule has 8 heteroatoms. The number of hydrogen-bond acceptors (Lipinski definition) is 7. The molecule has 0 bridgehead atoms. The Hall–Kier alpha value is -2.94. The molecule has 2 aromatic rings. The highest BCUT2D eigenvalue weighted by molar-refractivity contribution is 5.84. The van der Waals surface area contributed by atoms with Crippen molar-refractivity contribution in [1.82, 2.24) is 5.06 Å². The second-order valence-electron chi connectivity index (χ2n) is 12.2. The molecule has 2 fully saturated rings. The number of anilines is 1. The van der Waals surface area contributed by atoms with E-state index in [9.17, 15) is 9.59 Å². The third kappa shape index (κ3) is 6.45. The SMILES string of the molecule is CCC1(COC(=O)Nc2ccccc2)COC2(CC(C)(CC)N(OC(=O)Cc3ccccc3)C(C)(CC)C2C)OC1. The summed E-state index contributed by atoms with van der Waals surface area (Å²) < 4.78 is 19.1. The van der Waals surface area contributed by atoms with Crippen molar-refractivity contribution in [2.45, 2.75) is 90.5 Å². The molecule has 3 unspecified atom stereocenters. The first-order chi connectivity index (χ1) is 19.5. The molecule has 1 N–H and O–H groups in total. The van der Waals surface area contributed by atoms with Crippen LogP contribution in [0.3, 0.4) is 0 Å². The molecule has 4 rings (SSSR count). The van der Waals surface area contributed by atoms with Crippen LogP contribution >= 0.6 is 0 Å². The molecule has 1 spiro atoms. The van der Waals surface area contributed by atoms with Crippen LogP contribution in [0.1, 0.15) is 72.8 Å².